The molecule has 0 radical (unpaired) electrons. The monoisotopic (exact) mass is 440 g/mol. The zero-order chi connectivity index (χ0) is 22.2. The molecule has 0 N–H and O–H groups in total. The fourth-order valence-electron chi connectivity index (χ4n) is 3.71. The highest BCUT2D eigenvalue weighted by Crippen LogP contribution is 2.32. The van der Waals surface area contributed by atoms with Crippen LogP contribution in [0.15, 0.2) is 42.6 Å². The van der Waals surface area contributed by atoms with Crippen molar-refractivity contribution in [3.63, 3.8) is 0 Å². The number of likely N-dealkylation sites (tertiary alicyclic amines) is 1. The van der Waals surface area contributed by atoms with E-state index < -0.39 is 18.4 Å². The maximum atomic E-state index is 13.1. The molecule has 0 bridgehead atoms. The third-order valence-electron chi connectivity index (χ3n) is 5.14. The molecule has 1 saturated heterocycles. The normalized spacial score (nSPS) is 17.4. The predicted octanol–water partition coefficient (Wildman–Crippen LogP) is 4.37. The van der Waals surface area contributed by atoms with Crippen LogP contribution in [0.1, 0.15) is 40.5 Å². The van der Waals surface area contributed by atoms with Crippen LogP contribution in [-0.2, 0) is 6.18 Å². The van der Waals surface area contributed by atoms with Gasteiger partial charge in [-0.05, 0) is 43.2 Å². The molecule has 11 heteroatoms. The van der Waals surface area contributed by atoms with Gasteiger partial charge in [-0.3, -0.25) is 9.20 Å². The largest absolute Gasteiger partial charge is 0.435 e. The summed E-state index contributed by atoms with van der Waals surface area (Å²) in [5.41, 5.74) is -0.354. The molecule has 4 rings (SSSR count). The molecule has 31 heavy (non-hydrogen) atoms. The molecule has 1 unspecified atom stereocenters. The summed E-state index contributed by atoms with van der Waals surface area (Å²) in [6, 6.07) is 7.69. The van der Waals surface area contributed by atoms with Crippen LogP contribution in [0.5, 0.6) is 5.75 Å². The lowest BCUT2D eigenvalue weighted by atomic mass is 9.96. The number of benzene rings is 1. The summed E-state index contributed by atoms with van der Waals surface area (Å²) in [7, 11) is 0. The number of alkyl halides is 5. The first kappa shape index (κ1) is 21.0. The van der Waals surface area contributed by atoms with E-state index in [0.717, 1.165) is 12.3 Å². The van der Waals surface area contributed by atoms with Crippen molar-refractivity contribution in [2.45, 2.75) is 31.5 Å². The van der Waals surface area contributed by atoms with Crippen LogP contribution in [-0.4, -0.2) is 45.1 Å². The summed E-state index contributed by atoms with van der Waals surface area (Å²) in [6.07, 6.45) is -2.32. The van der Waals surface area contributed by atoms with Crippen LogP contribution >= 0.6 is 0 Å². The second kappa shape index (κ2) is 8.12. The topological polar surface area (TPSA) is 59.7 Å². The number of hydrogen-bond acceptors (Lipinski definition) is 4. The van der Waals surface area contributed by atoms with Crippen molar-refractivity contribution in [3.05, 3.63) is 59.5 Å². The lowest BCUT2D eigenvalue weighted by molar-refractivity contribution is -0.137. The molecule has 2 aromatic heterocycles. The Labute approximate surface area is 173 Å². The number of rotatable bonds is 4. The van der Waals surface area contributed by atoms with Crippen LogP contribution in [0.25, 0.3) is 5.65 Å². The van der Waals surface area contributed by atoms with Gasteiger partial charge in [0.25, 0.3) is 5.91 Å². The molecule has 0 saturated carbocycles. The minimum Gasteiger partial charge on any atom is -0.435 e. The molecule has 1 aliphatic heterocycles. The number of ether oxygens (including phenoxy) is 1. The van der Waals surface area contributed by atoms with Gasteiger partial charge in [-0.2, -0.15) is 22.0 Å². The zero-order valence-corrected chi connectivity index (χ0v) is 16.0. The van der Waals surface area contributed by atoms with Crippen molar-refractivity contribution in [3.8, 4) is 5.75 Å². The number of fused-ring (bicyclic) bond motifs is 1. The smallest absolute Gasteiger partial charge is 0.417 e. The summed E-state index contributed by atoms with van der Waals surface area (Å²) in [4.78, 5) is 14.4. The number of hydrogen-bond donors (Lipinski definition) is 0. The van der Waals surface area contributed by atoms with Gasteiger partial charge in [0.2, 0.25) is 0 Å². The number of aromatic nitrogens is 3. The van der Waals surface area contributed by atoms with Crippen molar-refractivity contribution < 1.29 is 31.5 Å². The van der Waals surface area contributed by atoms with E-state index in [0.29, 0.717) is 25.2 Å². The van der Waals surface area contributed by atoms with E-state index in [1.165, 1.54) is 39.6 Å². The fraction of sp³-hybridized carbons (Fsp3) is 0.350. The first-order valence-electron chi connectivity index (χ1n) is 9.48. The van der Waals surface area contributed by atoms with Gasteiger partial charge in [0.1, 0.15) is 11.6 Å². The molecule has 3 aromatic rings. The van der Waals surface area contributed by atoms with Crippen molar-refractivity contribution >= 4 is 11.6 Å². The molecule has 3 heterocycles. The Kier molecular flexibility index (Phi) is 5.50. The number of amides is 1. The van der Waals surface area contributed by atoms with Gasteiger partial charge in [0.15, 0.2) is 5.65 Å². The number of carbonyl (C=O) groups excluding carboxylic acids is 1. The van der Waals surface area contributed by atoms with Crippen molar-refractivity contribution in [1.82, 2.24) is 19.5 Å². The highest BCUT2D eigenvalue weighted by Gasteiger charge is 2.33. The maximum absolute atomic E-state index is 13.1. The summed E-state index contributed by atoms with van der Waals surface area (Å²) in [6.45, 7) is -2.36. The van der Waals surface area contributed by atoms with Crippen LogP contribution in [0.2, 0.25) is 0 Å². The summed E-state index contributed by atoms with van der Waals surface area (Å²) in [5.74, 6) is -0.489. The third kappa shape index (κ3) is 4.44. The van der Waals surface area contributed by atoms with Crippen molar-refractivity contribution in [2.75, 3.05) is 13.1 Å². The van der Waals surface area contributed by atoms with Gasteiger partial charge in [0.05, 0.1) is 5.56 Å². The maximum Gasteiger partial charge on any atom is 0.417 e. The first-order chi connectivity index (χ1) is 14.7. The number of carbonyl (C=O) groups is 1. The number of piperidine rings is 1. The molecular formula is C20H17F5N4O2. The average Bonchev–Trinajstić information content (AvgIpc) is 3.16. The van der Waals surface area contributed by atoms with Crippen LogP contribution in [0.4, 0.5) is 22.0 Å². The number of halogens is 5. The first-order valence-corrected chi connectivity index (χ1v) is 9.48. The molecule has 164 valence electrons. The van der Waals surface area contributed by atoms with Crippen LogP contribution < -0.4 is 4.74 Å². The van der Waals surface area contributed by atoms with Crippen LogP contribution in [0.3, 0.4) is 0 Å². The SMILES string of the molecule is O=C(c1cccc(OC(F)F)c1)N1CCCC(c2nnc3ccc(C(F)(F)F)cn23)C1. The second-order valence-corrected chi connectivity index (χ2v) is 7.20. The standard InChI is InChI=1S/C20H17F5N4O2/c21-19(22)31-15-5-1-3-12(9-15)18(30)28-8-2-4-13(10-28)17-27-26-16-7-6-14(11-29(16)17)20(23,24)25/h1,3,5-7,9,11,13,19H,2,4,8,10H2. The minimum atomic E-state index is -4.50. The fourth-order valence-corrected chi connectivity index (χ4v) is 3.71. The van der Waals surface area contributed by atoms with E-state index in [-0.39, 0.29) is 35.3 Å². The molecule has 1 amide bonds. The molecule has 1 atom stereocenters. The Balaban J connectivity index is 1.57. The molecule has 1 aliphatic rings. The lowest BCUT2D eigenvalue weighted by Crippen LogP contribution is -2.39. The van der Waals surface area contributed by atoms with E-state index in [1.807, 2.05) is 0 Å². The van der Waals surface area contributed by atoms with Gasteiger partial charge in [-0.1, -0.05) is 6.07 Å². The summed E-state index contributed by atoms with van der Waals surface area (Å²) < 4.78 is 69.8. The molecule has 0 spiro atoms. The number of nitrogens with zero attached hydrogens (tertiary/aromatic N) is 4. The number of pyridine rings is 1. The zero-order valence-electron chi connectivity index (χ0n) is 16.0. The van der Waals surface area contributed by atoms with Gasteiger partial charge in [-0.15, -0.1) is 10.2 Å². The highest BCUT2D eigenvalue weighted by atomic mass is 19.4. The van der Waals surface area contributed by atoms with Gasteiger partial charge >= 0.3 is 12.8 Å². The summed E-state index contributed by atoms with van der Waals surface area (Å²) in [5, 5.41) is 8.00. The van der Waals surface area contributed by atoms with E-state index in [1.54, 1.807) is 0 Å². The molecular weight excluding hydrogens is 423 g/mol. The Morgan fingerprint density at radius 3 is 2.71 bits per heavy atom. The quantitative estimate of drug-likeness (QED) is 0.566. The van der Waals surface area contributed by atoms with E-state index in [4.69, 9.17) is 0 Å². The molecule has 6 nitrogen and oxygen atoms in total. The Bertz CT molecular complexity index is 1100. The Hall–Kier alpha value is -3.24. The Morgan fingerprint density at radius 2 is 1.97 bits per heavy atom. The second-order valence-electron chi connectivity index (χ2n) is 7.20. The van der Waals surface area contributed by atoms with Gasteiger partial charge < -0.3 is 9.64 Å². The summed E-state index contributed by atoms with van der Waals surface area (Å²) >= 11 is 0. The minimum absolute atomic E-state index is 0.127. The van der Waals surface area contributed by atoms with Crippen molar-refractivity contribution in [1.29, 1.82) is 0 Å². The predicted molar refractivity (Wildman–Crippen MR) is 98.9 cm³/mol. The Morgan fingerprint density at radius 1 is 1.16 bits per heavy atom. The lowest BCUT2D eigenvalue weighted by Gasteiger charge is -2.32. The molecule has 1 aromatic carbocycles. The van der Waals surface area contributed by atoms with Crippen LogP contribution in [0, 0.1) is 0 Å². The molecule has 1 fully saturated rings. The average molecular weight is 440 g/mol. The van der Waals surface area contributed by atoms with Gasteiger partial charge in [-0.25, -0.2) is 0 Å². The molecule has 0 aliphatic carbocycles. The van der Waals surface area contributed by atoms with Crippen molar-refractivity contribution in [2.24, 2.45) is 0 Å². The highest BCUT2D eigenvalue weighted by molar-refractivity contribution is 5.94. The van der Waals surface area contributed by atoms with E-state index in [9.17, 15) is 26.7 Å². The van der Waals surface area contributed by atoms with E-state index >= 15 is 0 Å². The van der Waals surface area contributed by atoms with E-state index in [2.05, 4.69) is 14.9 Å². The third-order valence-corrected chi connectivity index (χ3v) is 5.14. The van der Waals surface area contributed by atoms with Gasteiger partial charge in [0, 0.05) is 30.8 Å².